The van der Waals surface area contributed by atoms with Gasteiger partial charge in [-0.1, -0.05) is 36.8 Å². The second kappa shape index (κ2) is 5.36. The lowest BCUT2D eigenvalue weighted by atomic mass is 10.00. The van der Waals surface area contributed by atoms with Crippen LogP contribution in [-0.4, -0.2) is 14.9 Å². The minimum Gasteiger partial charge on any atom is -0.388 e. The first-order valence-electron chi connectivity index (χ1n) is 6.36. The van der Waals surface area contributed by atoms with E-state index < -0.39 is 6.10 Å². The molecule has 1 atom stereocenters. The third-order valence-electron chi connectivity index (χ3n) is 3.14. The molecule has 0 saturated heterocycles. The summed E-state index contributed by atoms with van der Waals surface area (Å²) in [6.07, 6.45) is 2.93. The van der Waals surface area contributed by atoms with E-state index in [1.807, 2.05) is 19.3 Å². The van der Waals surface area contributed by atoms with Gasteiger partial charge in [0.2, 0.25) is 0 Å². The molecule has 0 aliphatic carbocycles. The van der Waals surface area contributed by atoms with E-state index in [4.69, 9.17) is 0 Å². The minimum atomic E-state index is -0.476. The van der Waals surface area contributed by atoms with Gasteiger partial charge in [-0.3, -0.25) is 4.68 Å². The second-order valence-electron chi connectivity index (χ2n) is 4.77. The van der Waals surface area contributed by atoms with E-state index in [0.29, 0.717) is 6.42 Å². The Balaban J connectivity index is 2.18. The highest BCUT2D eigenvalue weighted by Crippen LogP contribution is 2.22. The summed E-state index contributed by atoms with van der Waals surface area (Å²) in [6.45, 7) is 4.13. The molecule has 1 aromatic carbocycles. The molecule has 3 heteroatoms. The van der Waals surface area contributed by atoms with E-state index >= 15 is 0 Å². The lowest BCUT2D eigenvalue weighted by molar-refractivity contribution is 0.177. The van der Waals surface area contributed by atoms with Crippen molar-refractivity contribution in [2.24, 2.45) is 7.05 Å². The molecule has 2 rings (SSSR count). The van der Waals surface area contributed by atoms with Gasteiger partial charge in [-0.2, -0.15) is 5.10 Å². The monoisotopic (exact) mass is 244 g/mol. The minimum absolute atomic E-state index is 0.476. The number of benzene rings is 1. The lowest BCUT2D eigenvalue weighted by Crippen LogP contribution is -2.03. The van der Waals surface area contributed by atoms with Gasteiger partial charge < -0.3 is 5.11 Å². The van der Waals surface area contributed by atoms with Gasteiger partial charge in [0.15, 0.2) is 0 Å². The number of aliphatic hydroxyl groups is 1. The molecule has 0 spiro atoms. The zero-order valence-corrected chi connectivity index (χ0v) is 11.2. The third-order valence-corrected chi connectivity index (χ3v) is 3.14. The standard InChI is InChI=1S/C15H20N2O/c1-4-14-13(10-17(3)16-14)15(18)9-12-7-5-6-11(2)8-12/h5-8,10,15,18H,4,9H2,1-3H3. The summed E-state index contributed by atoms with van der Waals surface area (Å²) in [4.78, 5) is 0. The van der Waals surface area contributed by atoms with Gasteiger partial charge >= 0.3 is 0 Å². The number of aliphatic hydroxyl groups excluding tert-OH is 1. The number of hydrogen-bond donors (Lipinski definition) is 1. The number of aryl methyl sites for hydroxylation is 3. The number of rotatable bonds is 4. The number of nitrogens with zero attached hydrogens (tertiary/aromatic N) is 2. The maximum atomic E-state index is 10.3. The van der Waals surface area contributed by atoms with Crippen LogP contribution < -0.4 is 0 Å². The van der Waals surface area contributed by atoms with Crippen LogP contribution in [0.5, 0.6) is 0 Å². The first-order chi connectivity index (χ1) is 8.60. The predicted molar refractivity (Wildman–Crippen MR) is 72.4 cm³/mol. The topological polar surface area (TPSA) is 38.0 Å². The average molecular weight is 244 g/mol. The van der Waals surface area contributed by atoms with Crippen LogP contribution in [0, 0.1) is 6.92 Å². The molecular formula is C15H20N2O. The Morgan fingerprint density at radius 2 is 2.17 bits per heavy atom. The Morgan fingerprint density at radius 1 is 1.39 bits per heavy atom. The Labute approximate surface area is 108 Å². The molecule has 3 nitrogen and oxygen atoms in total. The fraction of sp³-hybridized carbons (Fsp3) is 0.400. The van der Waals surface area contributed by atoms with Crippen molar-refractivity contribution in [2.45, 2.75) is 32.8 Å². The van der Waals surface area contributed by atoms with Crippen LogP contribution in [0.3, 0.4) is 0 Å². The predicted octanol–water partition coefficient (Wildman–Crippen LogP) is 2.57. The van der Waals surface area contributed by atoms with Crippen molar-refractivity contribution in [1.29, 1.82) is 0 Å². The van der Waals surface area contributed by atoms with E-state index in [-0.39, 0.29) is 0 Å². The van der Waals surface area contributed by atoms with E-state index in [1.165, 1.54) is 5.56 Å². The molecular weight excluding hydrogens is 224 g/mol. The zero-order chi connectivity index (χ0) is 13.1. The lowest BCUT2D eigenvalue weighted by Gasteiger charge is -2.10. The molecule has 0 saturated carbocycles. The fourth-order valence-electron chi connectivity index (χ4n) is 2.28. The molecule has 2 aromatic rings. The summed E-state index contributed by atoms with van der Waals surface area (Å²) in [5.41, 5.74) is 4.31. The first-order valence-corrected chi connectivity index (χ1v) is 6.36. The zero-order valence-electron chi connectivity index (χ0n) is 11.2. The van der Waals surface area contributed by atoms with Gasteiger partial charge in [0.05, 0.1) is 11.8 Å². The molecule has 1 N–H and O–H groups in total. The van der Waals surface area contributed by atoms with Crippen LogP contribution in [-0.2, 0) is 19.9 Å². The third kappa shape index (κ3) is 2.79. The Bertz CT molecular complexity index is 531. The van der Waals surface area contributed by atoms with Crippen LogP contribution in [0.2, 0.25) is 0 Å². The SMILES string of the molecule is CCc1nn(C)cc1C(O)Cc1cccc(C)c1. The second-order valence-corrected chi connectivity index (χ2v) is 4.77. The van der Waals surface area contributed by atoms with E-state index in [0.717, 1.165) is 23.2 Å². The molecule has 1 aromatic heterocycles. The Hall–Kier alpha value is -1.61. The van der Waals surface area contributed by atoms with Crippen molar-refractivity contribution in [3.8, 4) is 0 Å². The highest BCUT2D eigenvalue weighted by Gasteiger charge is 2.15. The molecule has 96 valence electrons. The number of aromatic nitrogens is 2. The summed E-state index contributed by atoms with van der Waals surface area (Å²) in [6, 6.07) is 8.27. The summed E-state index contributed by atoms with van der Waals surface area (Å²) >= 11 is 0. The van der Waals surface area contributed by atoms with Crippen molar-refractivity contribution in [1.82, 2.24) is 9.78 Å². The van der Waals surface area contributed by atoms with Crippen LogP contribution in [0.1, 0.15) is 35.4 Å². The maximum absolute atomic E-state index is 10.3. The van der Waals surface area contributed by atoms with E-state index in [9.17, 15) is 5.11 Å². The van der Waals surface area contributed by atoms with Gasteiger partial charge in [-0.15, -0.1) is 0 Å². The van der Waals surface area contributed by atoms with E-state index in [1.54, 1.807) is 4.68 Å². The Kier molecular flexibility index (Phi) is 3.82. The molecule has 0 amide bonds. The first kappa shape index (κ1) is 12.8. The summed E-state index contributed by atoms with van der Waals surface area (Å²) in [5, 5.41) is 14.7. The van der Waals surface area contributed by atoms with Crippen LogP contribution in [0.25, 0.3) is 0 Å². The normalized spacial score (nSPS) is 12.7. The summed E-state index contributed by atoms with van der Waals surface area (Å²) < 4.78 is 1.77. The largest absolute Gasteiger partial charge is 0.388 e. The highest BCUT2D eigenvalue weighted by molar-refractivity contribution is 5.26. The van der Waals surface area contributed by atoms with Crippen molar-refractivity contribution in [2.75, 3.05) is 0 Å². The molecule has 0 fully saturated rings. The van der Waals surface area contributed by atoms with Crippen molar-refractivity contribution in [3.05, 3.63) is 52.8 Å². The van der Waals surface area contributed by atoms with E-state index in [2.05, 4.69) is 37.1 Å². The van der Waals surface area contributed by atoms with Crippen molar-refractivity contribution >= 4 is 0 Å². The summed E-state index contributed by atoms with van der Waals surface area (Å²) in [5.74, 6) is 0. The van der Waals surface area contributed by atoms with Gasteiger partial charge in [0, 0.05) is 25.2 Å². The summed E-state index contributed by atoms with van der Waals surface area (Å²) in [7, 11) is 1.89. The highest BCUT2D eigenvalue weighted by atomic mass is 16.3. The number of hydrogen-bond acceptors (Lipinski definition) is 2. The molecule has 0 radical (unpaired) electrons. The van der Waals surface area contributed by atoms with Gasteiger partial charge in [-0.25, -0.2) is 0 Å². The van der Waals surface area contributed by atoms with Crippen molar-refractivity contribution < 1.29 is 5.11 Å². The van der Waals surface area contributed by atoms with Crippen molar-refractivity contribution in [3.63, 3.8) is 0 Å². The molecule has 0 bridgehead atoms. The molecule has 1 unspecified atom stereocenters. The van der Waals surface area contributed by atoms with Crippen LogP contribution in [0.15, 0.2) is 30.5 Å². The molecule has 0 aliphatic heterocycles. The van der Waals surface area contributed by atoms with Gasteiger partial charge in [0.25, 0.3) is 0 Å². The van der Waals surface area contributed by atoms with Crippen LogP contribution in [0.4, 0.5) is 0 Å². The molecule has 1 heterocycles. The fourth-order valence-corrected chi connectivity index (χ4v) is 2.28. The molecule has 0 aliphatic rings. The van der Waals surface area contributed by atoms with Crippen LogP contribution >= 0.6 is 0 Å². The maximum Gasteiger partial charge on any atom is 0.0863 e. The van der Waals surface area contributed by atoms with Gasteiger partial charge in [-0.05, 0) is 18.9 Å². The Morgan fingerprint density at radius 3 is 2.83 bits per heavy atom. The molecule has 18 heavy (non-hydrogen) atoms. The quantitative estimate of drug-likeness (QED) is 0.897. The smallest absolute Gasteiger partial charge is 0.0863 e. The van der Waals surface area contributed by atoms with Gasteiger partial charge in [0.1, 0.15) is 0 Å². The average Bonchev–Trinajstić information content (AvgIpc) is 2.70.